The van der Waals surface area contributed by atoms with Crippen molar-refractivity contribution in [2.75, 3.05) is 11.9 Å². The zero-order valence-electron chi connectivity index (χ0n) is 11.9. The van der Waals surface area contributed by atoms with Crippen LogP contribution in [-0.4, -0.2) is 28.6 Å². The molecule has 2 amide bonds. The van der Waals surface area contributed by atoms with Gasteiger partial charge < -0.3 is 10.6 Å². The molecule has 22 heavy (non-hydrogen) atoms. The summed E-state index contributed by atoms with van der Waals surface area (Å²) in [5.41, 5.74) is 0. The normalized spacial score (nSPS) is 13.8. The second kappa shape index (κ2) is 6.97. The van der Waals surface area contributed by atoms with Gasteiger partial charge in [-0.3, -0.25) is 9.59 Å². The Labute approximate surface area is 136 Å². The number of nitrogens with one attached hydrogen (secondary N) is 2. The van der Waals surface area contributed by atoms with E-state index < -0.39 is 0 Å². The summed E-state index contributed by atoms with van der Waals surface area (Å²) in [6.45, 7) is 0.480. The van der Waals surface area contributed by atoms with E-state index in [1.807, 2.05) is 11.4 Å². The summed E-state index contributed by atoms with van der Waals surface area (Å²) in [5.74, 6) is 0.369. The maximum absolute atomic E-state index is 11.8. The molecule has 2 aromatic rings. The van der Waals surface area contributed by atoms with Gasteiger partial charge in [-0.05, 0) is 30.7 Å². The third-order valence-electron chi connectivity index (χ3n) is 3.22. The number of aromatic nitrogens is 2. The molecule has 6 nitrogen and oxygen atoms in total. The molecule has 0 radical (unpaired) electrons. The van der Waals surface area contributed by atoms with Crippen LogP contribution in [-0.2, 0) is 4.79 Å². The third-order valence-corrected chi connectivity index (χ3v) is 5.09. The lowest BCUT2D eigenvalue weighted by molar-refractivity contribution is -0.116. The molecule has 2 heterocycles. The van der Waals surface area contributed by atoms with E-state index in [4.69, 9.17) is 0 Å². The topological polar surface area (TPSA) is 84.0 Å². The molecule has 0 saturated heterocycles. The molecule has 2 N–H and O–H groups in total. The van der Waals surface area contributed by atoms with Crippen molar-refractivity contribution in [3.8, 4) is 0 Å². The van der Waals surface area contributed by atoms with E-state index in [0.29, 0.717) is 35.3 Å². The van der Waals surface area contributed by atoms with E-state index >= 15 is 0 Å². The van der Waals surface area contributed by atoms with Gasteiger partial charge in [0, 0.05) is 18.9 Å². The Morgan fingerprint density at radius 3 is 2.91 bits per heavy atom. The van der Waals surface area contributed by atoms with Crippen molar-refractivity contribution >= 4 is 39.6 Å². The number of nitrogens with zero attached hydrogens (tertiary/aromatic N) is 2. The Balaban J connectivity index is 1.34. The number of hydrogen-bond acceptors (Lipinski definition) is 6. The van der Waals surface area contributed by atoms with Gasteiger partial charge in [-0.15, -0.1) is 21.5 Å². The largest absolute Gasteiger partial charge is 0.351 e. The summed E-state index contributed by atoms with van der Waals surface area (Å²) in [6, 6.07) is 3.62. The van der Waals surface area contributed by atoms with Gasteiger partial charge in [0.15, 0.2) is 0 Å². The van der Waals surface area contributed by atoms with Crippen molar-refractivity contribution in [3.05, 3.63) is 27.4 Å². The summed E-state index contributed by atoms with van der Waals surface area (Å²) in [5, 5.41) is 17.0. The minimum atomic E-state index is -0.0936. The number of thiophene rings is 1. The monoisotopic (exact) mass is 336 g/mol. The zero-order chi connectivity index (χ0) is 15.4. The fourth-order valence-corrected chi connectivity index (χ4v) is 3.48. The van der Waals surface area contributed by atoms with E-state index in [9.17, 15) is 9.59 Å². The first kappa shape index (κ1) is 15.1. The van der Waals surface area contributed by atoms with Crippen LogP contribution < -0.4 is 10.6 Å². The molecular formula is C14H16N4O2S2. The molecule has 1 fully saturated rings. The molecule has 1 saturated carbocycles. The molecule has 0 spiro atoms. The van der Waals surface area contributed by atoms with E-state index in [2.05, 4.69) is 20.8 Å². The molecule has 0 unspecified atom stereocenters. The summed E-state index contributed by atoms with van der Waals surface area (Å²) in [4.78, 5) is 24.2. The maximum atomic E-state index is 11.8. The van der Waals surface area contributed by atoms with Crippen LogP contribution in [0.1, 0.15) is 46.3 Å². The van der Waals surface area contributed by atoms with E-state index in [0.717, 1.165) is 5.01 Å². The zero-order valence-corrected chi connectivity index (χ0v) is 13.5. The average molecular weight is 336 g/mol. The highest BCUT2D eigenvalue weighted by Gasteiger charge is 2.27. The second-order valence-corrected chi connectivity index (χ2v) is 7.06. The van der Waals surface area contributed by atoms with Crippen LogP contribution in [0.2, 0.25) is 0 Å². The first-order valence-electron chi connectivity index (χ1n) is 7.17. The fourth-order valence-electron chi connectivity index (χ4n) is 1.91. The van der Waals surface area contributed by atoms with Gasteiger partial charge >= 0.3 is 0 Å². The summed E-state index contributed by atoms with van der Waals surface area (Å²) >= 11 is 2.85. The predicted octanol–water partition coefficient (Wildman–Crippen LogP) is 2.63. The molecule has 0 bridgehead atoms. The van der Waals surface area contributed by atoms with Crippen LogP contribution in [0.15, 0.2) is 17.5 Å². The first-order chi connectivity index (χ1) is 10.7. The summed E-state index contributed by atoms with van der Waals surface area (Å²) in [6.07, 6.45) is 3.29. The van der Waals surface area contributed by atoms with Crippen LogP contribution in [0.5, 0.6) is 0 Å². The smallest absolute Gasteiger partial charge is 0.261 e. The molecule has 1 aliphatic carbocycles. The Bertz CT molecular complexity index is 650. The average Bonchev–Trinajstić information content (AvgIpc) is 3.02. The number of amides is 2. The standard InChI is InChI=1S/C14H16N4O2S2/c19-11(16-14-18-17-13(22-14)9-5-6-9)4-1-7-15-12(20)10-3-2-8-21-10/h2-3,8-9H,1,4-7H2,(H,15,20)(H,16,18,19). The molecule has 2 aromatic heterocycles. The van der Waals surface area contributed by atoms with E-state index in [1.54, 1.807) is 6.07 Å². The van der Waals surface area contributed by atoms with E-state index in [1.165, 1.54) is 35.5 Å². The van der Waals surface area contributed by atoms with Crippen molar-refractivity contribution in [1.82, 2.24) is 15.5 Å². The minimum Gasteiger partial charge on any atom is -0.351 e. The van der Waals surface area contributed by atoms with Crippen LogP contribution in [0, 0.1) is 0 Å². The Kier molecular flexibility index (Phi) is 4.79. The summed E-state index contributed by atoms with van der Waals surface area (Å²) < 4.78 is 0. The quantitative estimate of drug-likeness (QED) is 0.761. The predicted molar refractivity (Wildman–Crippen MR) is 86.4 cm³/mol. The van der Waals surface area contributed by atoms with Gasteiger partial charge in [-0.1, -0.05) is 17.4 Å². The lowest BCUT2D eigenvalue weighted by Gasteiger charge is -2.03. The van der Waals surface area contributed by atoms with Crippen LogP contribution in [0.3, 0.4) is 0 Å². The molecular weight excluding hydrogens is 320 g/mol. The van der Waals surface area contributed by atoms with Crippen molar-refractivity contribution in [2.45, 2.75) is 31.6 Å². The lowest BCUT2D eigenvalue weighted by Crippen LogP contribution is -2.24. The number of rotatable bonds is 7. The minimum absolute atomic E-state index is 0.0893. The van der Waals surface area contributed by atoms with Crippen LogP contribution in [0.25, 0.3) is 0 Å². The molecule has 0 aliphatic heterocycles. The molecule has 8 heteroatoms. The molecule has 0 aromatic carbocycles. The van der Waals surface area contributed by atoms with Gasteiger partial charge in [-0.25, -0.2) is 0 Å². The Morgan fingerprint density at radius 1 is 1.32 bits per heavy atom. The third kappa shape index (κ3) is 4.11. The highest BCUT2D eigenvalue weighted by molar-refractivity contribution is 7.15. The molecule has 116 valence electrons. The molecule has 0 atom stereocenters. The highest BCUT2D eigenvalue weighted by Crippen LogP contribution is 2.42. The first-order valence-corrected chi connectivity index (χ1v) is 8.87. The lowest BCUT2D eigenvalue weighted by atomic mass is 10.3. The van der Waals surface area contributed by atoms with Crippen molar-refractivity contribution in [3.63, 3.8) is 0 Å². The second-order valence-electron chi connectivity index (χ2n) is 5.10. The molecule has 1 aliphatic rings. The van der Waals surface area contributed by atoms with Crippen LogP contribution >= 0.6 is 22.7 Å². The Morgan fingerprint density at radius 2 is 2.18 bits per heavy atom. The number of carbonyl (C=O) groups excluding carboxylic acids is 2. The van der Waals surface area contributed by atoms with Gasteiger partial charge in [0.1, 0.15) is 5.01 Å². The molecule has 3 rings (SSSR count). The SMILES string of the molecule is O=C(CCCNC(=O)c1cccs1)Nc1nnc(C2CC2)s1. The highest BCUT2D eigenvalue weighted by atomic mass is 32.1. The summed E-state index contributed by atoms with van der Waals surface area (Å²) in [7, 11) is 0. The van der Waals surface area contributed by atoms with E-state index in [-0.39, 0.29) is 11.8 Å². The van der Waals surface area contributed by atoms with Crippen molar-refractivity contribution in [1.29, 1.82) is 0 Å². The van der Waals surface area contributed by atoms with Gasteiger partial charge in [0.25, 0.3) is 5.91 Å². The van der Waals surface area contributed by atoms with Crippen molar-refractivity contribution < 1.29 is 9.59 Å². The number of hydrogen-bond donors (Lipinski definition) is 2. The maximum Gasteiger partial charge on any atom is 0.261 e. The Hall–Kier alpha value is -1.80. The van der Waals surface area contributed by atoms with Gasteiger partial charge in [0.05, 0.1) is 4.88 Å². The van der Waals surface area contributed by atoms with Gasteiger partial charge in [-0.2, -0.15) is 0 Å². The number of anilines is 1. The fraction of sp³-hybridized carbons (Fsp3) is 0.429. The van der Waals surface area contributed by atoms with Crippen molar-refractivity contribution in [2.24, 2.45) is 0 Å². The number of carbonyl (C=O) groups is 2. The van der Waals surface area contributed by atoms with Crippen LogP contribution in [0.4, 0.5) is 5.13 Å². The van der Waals surface area contributed by atoms with Gasteiger partial charge in [0.2, 0.25) is 11.0 Å².